The van der Waals surface area contributed by atoms with Gasteiger partial charge in [0.15, 0.2) is 0 Å². The van der Waals surface area contributed by atoms with E-state index in [-0.39, 0.29) is 6.10 Å². The Morgan fingerprint density at radius 2 is 1.89 bits per heavy atom. The van der Waals surface area contributed by atoms with Gasteiger partial charge in [0.1, 0.15) is 0 Å². The van der Waals surface area contributed by atoms with E-state index in [2.05, 4.69) is 31.2 Å². The third-order valence-electron chi connectivity index (χ3n) is 5.02. The van der Waals surface area contributed by atoms with Crippen molar-refractivity contribution in [3.8, 4) is 0 Å². The Bertz CT molecular complexity index is 397. The number of benzene rings is 1. The van der Waals surface area contributed by atoms with Crippen LogP contribution in [0.15, 0.2) is 30.3 Å². The predicted octanol–water partition coefficient (Wildman–Crippen LogP) is 3.42. The van der Waals surface area contributed by atoms with Crippen molar-refractivity contribution in [2.45, 2.75) is 57.3 Å². The van der Waals surface area contributed by atoms with Crippen LogP contribution in [-0.2, 0) is 4.74 Å². The third kappa shape index (κ3) is 1.88. The quantitative estimate of drug-likeness (QED) is 0.885. The van der Waals surface area contributed by atoms with E-state index in [0.29, 0.717) is 17.6 Å². The second-order valence-electron chi connectivity index (χ2n) is 5.96. The molecule has 2 heteroatoms. The van der Waals surface area contributed by atoms with Crippen LogP contribution in [0.5, 0.6) is 0 Å². The summed E-state index contributed by atoms with van der Waals surface area (Å²) in [5.41, 5.74) is 7.82. The van der Waals surface area contributed by atoms with Crippen molar-refractivity contribution in [3.05, 3.63) is 35.9 Å². The lowest BCUT2D eigenvalue weighted by atomic mass is 9.61. The molecule has 3 atom stereocenters. The molecule has 2 aliphatic carbocycles. The second kappa shape index (κ2) is 4.67. The minimum atomic E-state index is 0.182. The fourth-order valence-electron chi connectivity index (χ4n) is 3.74. The molecule has 0 radical (unpaired) electrons. The number of nitrogens with two attached hydrogens (primary N) is 1. The van der Waals surface area contributed by atoms with Gasteiger partial charge in [0.25, 0.3) is 0 Å². The zero-order valence-corrected chi connectivity index (χ0v) is 11.1. The Hall–Kier alpha value is -0.860. The summed E-state index contributed by atoms with van der Waals surface area (Å²) in [5, 5.41) is 0. The molecule has 0 aromatic heterocycles. The Morgan fingerprint density at radius 3 is 2.50 bits per heavy atom. The van der Waals surface area contributed by atoms with Crippen LogP contribution in [0.1, 0.15) is 50.7 Å². The van der Waals surface area contributed by atoms with Crippen molar-refractivity contribution in [2.24, 2.45) is 11.1 Å². The van der Waals surface area contributed by atoms with Crippen molar-refractivity contribution in [1.82, 2.24) is 0 Å². The van der Waals surface area contributed by atoms with Crippen LogP contribution in [0.25, 0.3) is 0 Å². The van der Waals surface area contributed by atoms with Crippen molar-refractivity contribution >= 4 is 0 Å². The zero-order valence-electron chi connectivity index (χ0n) is 11.1. The Morgan fingerprint density at radius 1 is 1.22 bits per heavy atom. The fraction of sp³-hybridized carbons (Fsp3) is 0.625. The smallest absolute Gasteiger partial charge is 0.0800 e. The third-order valence-corrected chi connectivity index (χ3v) is 5.02. The first-order valence-electron chi connectivity index (χ1n) is 7.18. The van der Waals surface area contributed by atoms with E-state index in [1.807, 2.05) is 6.07 Å². The van der Waals surface area contributed by atoms with Gasteiger partial charge in [-0.25, -0.2) is 0 Å². The highest BCUT2D eigenvalue weighted by molar-refractivity contribution is 5.17. The molecule has 2 aliphatic rings. The lowest BCUT2D eigenvalue weighted by Gasteiger charge is -2.53. The molecule has 3 unspecified atom stereocenters. The molecule has 2 fully saturated rings. The molecule has 2 saturated carbocycles. The topological polar surface area (TPSA) is 35.2 Å². The van der Waals surface area contributed by atoms with E-state index in [9.17, 15) is 0 Å². The van der Waals surface area contributed by atoms with Crippen molar-refractivity contribution in [3.63, 3.8) is 0 Å². The standard InChI is InChI=1S/C16H23NO/c1-12(13-7-3-2-4-8-13)18-15-11-14(17)16(15)9-5-6-10-16/h2-4,7-8,12,14-15H,5-6,9-11,17H2,1H3. The highest BCUT2D eigenvalue weighted by atomic mass is 16.5. The molecule has 2 N–H and O–H groups in total. The second-order valence-corrected chi connectivity index (χ2v) is 5.96. The minimum absolute atomic E-state index is 0.182. The normalized spacial score (nSPS) is 31.2. The van der Waals surface area contributed by atoms with Gasteiger partial charge >= 0.3 is 0 Å². The molecule has 1 spiro atoms. The molecule has 18 heavy (non-hydrogen) atoms. The maximum Gasteiger partial charge on any atom is 0.0800 e. The van der Waals surface area contributed by atoms with Gasteiger partial charge < -0.3 is 10.5 Å². The van der Waals surface area contributed by atoms with Crippen LogP contribution < -0.4 is 5.73 Å². The van der Waals surface area contributed by atoms with Crippen molar-refractivity contribution in [1.29, 1.82) is 0 Å². The lowest BCUT2D eigenvalue weighted by Crippen LogP contribution is -2.61. The molecule has 0 bridgehead atoms. The predicted molar refractivity (Wildman–Crippen MR) is 73.2 cm³/mol. The summed E-state index contributed by atoms with van der Waals surface area (Å²) in [4.78, 5) is 0. The van der Waals surface area contributed by atoms with Gasteiger partial charge in [0.2, 0.25) is 0 Å². The first-order chi connectivity index (χ1) is 8.72. The summed E-state index contributed by atoms with van der Waals surface area (Å²) < 4.78 is 6.30. The van der Waals surface area contributed by atoms with Crippen LogP contribution >= 0.6 is 0 Å². The van der Waals surface area contributed by atoms with E-state index in [1.165, 1.54) is 31.2 Å². The molecule has 1 aromatic carbocycles. The molecular formula is C16H23NO. The summed E-state index contributed by atoms with van der Waals surface area (Å²) in [6.45, 7) is 2.15. The van der Waals surface area contributed by atoms with Gasteiger partial charge in [-0.3, -0.25) is 0 Å². The molecule has 0 amide bonds. The Balaban J connectivity index is 1.67. The number of rotatable bonds is 3. The molecule has 0 heterocycles. The molecule has 2 nitrogen and oxygen atoms in total. The van der Waals surface area contributed by atoms with Crippen molar-refractivity contribution < 1.29 is 4.74 Å². The average Bonchev–Trinajstić information content (AvgIpc) is 2.92. The first kappa shape index (κ1) is 12.2. The van der Waals surface area contributed by atoms with Crippen molar-refractivity contribution in [2.75, 3.05) is 0 Å². The molecule has 98 valence electrons. The van der Waals surface area contributed by atoms with E-state index in [4.69, 9.17) is 10.5 Å². The Labute approximate surface area is 110 Å². The summed E-state index contributed by atoms with van der Waals surface area (Å²) in [6.07, 6.45) is 6.78. The summed E-state index contributed by atoms with van der Waals surface area (Å²) >= 11 is 0. The first-order valence-corrected chi connectivity index (χ1v) is 7.18. The maximum atomic E-state index is 6.30. The summed E-state index contributed by atoms with van der Waals surface area (Å²) in [6, 6.07) is 10.9. The SMILES string of the molecule is CC(OC1CC(N)C12CCCC2)c1ccccc1. The van der Waals surface area contributed by atoms with Gasteiger partial charge in [0, 0.05) is 11.5 Å². The largest absolute Gasteiger partial charge is 0.370 e. The van der Waals surface area contributed by atoms with Gasteiger partial charge in [-0.15, -0.1) is 0 Å². The summed E-state index contributed by atoms with van der Waals surface area (Å²) in [5.74, 6) is 0. The van der Waals surface area contributed by atoms with E-state index >= 15 is 0 Å². The van der Waals surface area contributed by atoms with Gasteiger partial charge in [-0.05, 0) is 31.7 Å². The van der Waals surface area contributed by atoms with Crippen LogP contribution in [0, 0.1) is 5.41 Å². The zero-order chi connectivity index (χ0) is 12.6. The van der Waals surface area contributed by atoms with E-state index in [1.54, 1.807) is 0 Å². The maximum absolute atomic E-state index is 6.30. The van der Waals surface area contributed by atoms with Gasteiger partial charge in [-0.2, -0.15) is 0 Å². The van der Waals surface area contributed by atoms with Crippen LogP contribution in [-0.4, -0.2) is 12.1 Å². The number of hydrogen-bond acceptors (Lipinski definition) is 2. The molecule has 0 saturated heterocycles. The minimum Gasteiger partial charge on any atom is -0.370 e. The summed E-state index contributed by atoms with van der Waals surface area (Å²) in [7, 11) is 0. The molecule has 3 rings (SSSR count). The van der Waals surface area contributed by atoms with E-state index < -0.39 is 0 Å². The lowest BCUT2D eigenvalue weighted by molar-refractivity contribution is -0.150. The Kier molecular flexibility index (Phi) is 3.16. The van der Waals surface area contributed by atoms with Crippen LogP contribution in [0.4, 0.5) is 0 Å². The molecular weight excluding hydrogens is 222 g/mol. The van der Waals surface area contributed by atoms with Gasteiger partial charge in [0.05, 0.1) is 12.2 Å². The molecule has 1 aromatic rings. The number of hydrogen-bond donors (Lipinski definition) is 1. The molecule has 0 aliphatic heterocycles. The monoisotopic (exact) mass is 245 g/mol. The van der Waals surface area contributed by atoms with Gasteiger partial charge in [-0.1, -0.05) is 43.2 Å². The van der Waals surface area contributed by atoms with Crippen LogP contribution in [0.3, 0.4) is 0 Å². The average molecular weight is 245 g/mol. The fourth-order valence-corrected chi connectivity index (χ4v) is 3.74. The van der Waals surface area contributed by atoms with E-state index in [0.717, 1.165) is 6.42 Å². The highest BCUT2D eigenvalue weighted by Gasteiger charge is 2.55. The van der Waals surface area contributed by atoms with Crippen LogP contribution in [0.2, 0.25) is 0 Å². The highest BCUT2D eigenvalue weighted by Crippen LogP contribution is 2.54. The number of ether oxygens (including phenoxy) is 1.